The predicted octanol–water partition coefficient (Wildman–Crippen LogP) is 3.17. The lowest BCUT2D eigenvalue weighted by Gasteiger charge is -2.09. The van der Waals surface area contributed by atoms with Crippen LogP contribution in [0.15, 0.2) is 53.0 Å². The van der Waals surface area contributed by atoms with Crippen LogP contribution in [0.25, 0.3) is 17.2 Å². The number of para-hydroxylation sites is 2. The first kappa shape index (κ1) is 16.6. The van der Waals surface area contributed by atoms with Crippen LogP contribution in [0.1, 0.15) is 11.5 Å². The maximum Gasteiger partial charge on any atom is 0.244 e. The van der Waals surface area contributed by atoms with E-state index in [4.69, 9.17) is 13.9 Å². The monoisotopic (exact) mass is 338 g/mol. The number of methoxy groups -OCH3 is 2. The van der Waals surface area contributed by atoms with Gasteiger partial charge in [0.25, 0.3) is 0 Å². The van der Waals surface area contributed by atoms with Gasteiger partial charge in [-0.25, -0.2) is 4.98 Å². The van der Waals surface area contributed by atoms with Gasteiger partial charge in [-0.2, -0.15) is 0 Å². The predicted molar refractivity (Wildman–Crippen MR) is 94.4 cm³/mol. The molecule has 1 amide bonds. The van der Waals surface area contributed by atoms with Gasteiger partial charge in [-0.05, 0) is 29.8 Å². The van der Waals surface area contributed by atoms with Crippen LogP contribution < -0.4 is 14.8 Å². The van der Waals surface area contributed by atoms with E-state index in [1.54, 1.807) is 26.4 Å². The van der Waals surface area contributed by atoms with Crippen molar-refractivity contribution in [1.82, 2.24) is 10.3 Å². The van der Waals surface area contributed by atoms with Crippen LogP contribution in [0, 0.1) is 0 Å². The maximum atomic E-state index is 12.0. The highest BCUT2D eigenvalue weighted by atomic mass is 16.5. The molecule has 2 aromatic carbocycles. The van der Waals surface area contributed by atoms with E-state index in [1.807, 2.05) is 36.4 Å². The van der Waals surface area contributed by atoms with Crippen molar-refractivity contribution in [3.8, 4) is 11.5 Å². The Morgan fingerprint density at radius 1 is 1.16 bits per heavy atom. The van der Waals surface area contributed by atoms with Crippen molar-refractivity contribution >= 4 is 23.1 Å². The summed E-state index contributed by atoms with van der Waals surface area (Å²) in [4.78, 5) is 16.2. The molecule has 0 saturated heterocycles. The largest absolute Gasteiger partial charge is 0.493 e. The molecule has 0 saturated carbocycles. The summed E-state index contributed by atoms with van der Waals surface area (Å²) < 4.78 is 16.0. The first-order chi connectivity index (χ1) is 12.2. The minimum absolute atomic E-state index is 0.239. The van der Waals surface area contributed by atoms with Crippen LogP contribution in [-0.4, -0.2) is 25.1 Å². The van der Waals surface area contributed by atoms with E-state index in [0.29, 0.717) is 29.5 Å². The summed E-state index contributed by atoms with van der Waals surface area (Å²) in [6.45, 7) is 0.372. The summed E-state index contributed by atoms with van der Waals surface area (Å²) >= 11 is 0. The lowest BCUT2D eigenvalue weighted by atomic mass is 10.2. The van der Waals surface area contributed by atoms with Gasteiger partial charge < -0.3 is 19.2 Å². The average molecular weight is 338 g/mol. The molecule has 0 aliphatic carbocycles. The van der Waals surface area contributed by atoms with Gasteiger partial charge in [0.2, 0.25) is 11.8 Å². The second kappa shape index (κ2) is 7.53. The fraction of sp³-hybridized carbons (Fsp3) is 0.158. The van der Waals surface area contributed by atoms with Crippen molar-refractivity contribution in [3.63, 3.8) is 0 Å². The molecule has 6 heteroatoms. The molecule has 0 atom stereocenters. The Hall–Kier alpha value is -3.28. The van der Waals surface area contributed by atoms with Crippen LogP contribution >= 0.6 is 0 Å². The van der Waals surface area contributed by atoms with E-state index in [9.17, 15) is 4.79 Å². The molecule has 0 spiro atoms. The van der Waals surface area contributed by atoms with Crippen LogP contribution in [0.3, 0.4) is 0 Å². The number of carbonyl (C=O) groups excluding carboxylic acids is 1. The molecule has 3 rings (SSSR count). The van der Waals surface area contributed by atoms with Crippen LogP contribution in [0.2, 0.25) is 0 Å². The normalized spacial score (nSPS) is 11.0. The number of hydrogen-bond acceptors (Lipinski definition) is 5. The Labute approximate surface area is 145 Å². The third-order valence-electron chi connectivity index (χ3n) is 3.60. The van der Waals surface area contributed by atoms with Crippen molar-refractivity contribution in [1.29, 1.82) is 0 Å². The van der Waals surface area contributed by atoms with Crippen molar-refractivity contribution < 1.29 is 18.7 Å². The summed E-state index contributed by atoms with van der Waals surface area (Å²) in [5.74, 6) is 1.42. The number of hydrogen-bond donors (Lipinski definition) is 1. The Morgan fingerprint density at radius 3 is 2.72 bits per heavy atom. The van der Waals surface area contributed by atoms with E-state index in [2.05, 4.69) is 10.3 Å². The molecule has 0 aliphatic rings. The lowest BCUT2D eigenvalue weighted by molar-refractivity contribution is -0.116. The standard InChI is InChI=1S/C19H18N2O4/c1-23-16-8-7-13(11-17(16)24-2)12-20-18(22)9-10-19-21-14-5-3-4-6-15(14)25-19/h3-11H,12H2,1-2H3,(H,20,22). The van der Waals surface area contributed by atoms with E-state index >= 15 is 0 Å². The molecule has 0 unspecified atom stereocenters. The summed E-state index contributed by atoms with van der Waals surface area (Å²) in [5.41, 5.74) is 2.35. The fourth-order valence-corrected chi connectivity index (χ4v) is 2.35. The molecule has 1 heterocycles. The Balaban J connectivity index is 1.60. The number of oxazole rings is 1. The van der Waals surface area contributed by atoms with Gasteiger partial charge in [0, 0.05) is 18.7 Å². The fourth-order valence-electron chi connectivity index (χ4n) is 2.35. The summed E-state index contributed by atoms with van der Waals surface area (Å²) in [6.07, 6.45) is 2.94. The smallest absolute Gasteiger partial charge is 0.244 e. The first-order valence-electron chi connectivity index (χ1n) is 7.72. The molecular weight excluding hydrogens is 320 g/mol. The number of nitrogens with zero attached hydrogens (tertiary/aromatic N) is 1. The van der Waals surface area contributed by atoms with Crippen LogP contribution in [0.5, 0.6) is 11.5 Å². The van der Waals surface area contributed by atoms with Crippen LogP contribution in [-0.2, 0) is 11.3 Å². The second-order valence-electron chi connectivity index (χ2n) is 5.26. The van der Waals surface area contributed by atoms with E-state index < -0.39 is 0 Å². The summed E-state index contributed by atoms with van der Waals surface area (Å²) in [7, 11) is 3.15. The lowest BCUT2D eigenvalue weighted by Crippen LogP contribution is -2.20. The maximum absolute atomic E-state index is 12.0. The second-order valence-corrected chi connectivity index (χ2v) is 5.26. The van der Waals surface area contributed by atoms with Gasteiger partial charge in [0.15, 0.2) is 17.1 Å². The zero-order valence-electron chi connectivity index (χ0n) is 14.0. The summed E-state index contributed by atoms with van der Waals surface area (Å²) in [5, 5.41) is 2.80. The van der Waals surface area contributed by atoms with Crippen LogP contribution in [0.4, 0.5) is 0 Å². The highest BCUT2D eigenvalue weighted by Gasteiger charge is 2.06. The van der Waals surface area contributed by atoms with Crippen molar-refractivity contribution in [2.45, 2.75) is 6.54 Å². The number of aromatic nitrogens is 1. The molecule has 6 nitrogen and oxygen atoms in total. The van der Waals surface area contributed by atoms with Crippen molar-refractivity contribution in [3.05, 3.63) is 60.0 Å². The molecule has 0 bridgehead atoms. The molecule has 0 aliphatic heterocycles. The highest BCUT2D eigenvalue weighted by molar-refractivity contribution is 5.91. The van der Waals surface area contributed by atoms with Gasteiger partial charge in [-0.1, -0.05) is 18.2 Å². The number of benzene rings is 2. The third kappa shape index (κ3) is 3.98. The number of amides is 1. The first-order valence-corrected chi connectivity index (χ1v) is 7.72. The quantitative estimate of drug-likeness (QED) is 0.699. The molecule has 1 N–H and O–H groups in total. The number of ether oxygens (including phenoxy) is 2. The summed E-state index contributed by atoms with van der Waals surface area (Å²) in [6, 6.07) is 12.9. The van der Waals surface area contributed by atoms with Crippen molar-refractivity contribution in [2.24, 2.45) is 0 Å². The number of rotatable bonds is 6. The number of fused-ring (bicyclic) bond motifs is 1. The molecule has 0 radical (unpaired) electrons. The zero-order valence-corrected chi connectivity index (χ0v) is 14.0. The number of carbonyl (C=O) groups is 1. The van der Waals surface area contributed by atoms with E-state index in [1.165, 1.54) is 6.08 Å². The van der Waals surface area contributed by atoms with E-state index in [-0.39, 0.29) is 5.91 Å². The molecular formula is C19H18N2O4. The molecule has 128 valence electrons. The third-order valence-corrected chi connectivity index (χ3v) is 3.60. The minimum atomic E-state index is -0.239. The zero-order chi connectivity index (χ0) is 17.6. The molecule has 25 heavy (non-hydrogen) atoms. The minimum Gasteiger partial charge on any atom is -0.493 e. The molecule has 1 aromatic heterocycles. The molecule has 3 aromatic rings. The number of nitrogens with one attached hydrogen (secondary N) is 1. The average Bonchev–Trinajstić information content (AvgIpc) is 3.07. The molecule has 0 fully saturated rings. The Morgan fingerprint density at radius 2 is 1.96 bits per heavy atom. The van der Waals surface area contributed by atoms with Gasteiger partial charge in [0.1, 0.15) is 5.52 Å². The SMILES string of the molecule is COc1ccc(CNC(=O)C=Cc2nc3ccccc3o2)cc1OC. The van der Waals surface area contributed by atoms with Gasteiger partial charge in [-0.3, -0.25) is 4.79 Å². The Bertz CT molecular complexity index is 882. The highest BCUT2D eigenvalue weighted by Crippen LogP contribution is 2.27. The van der Waals surface area contributed by atoms with Gasteiger partial charge in [0.05, 0.1) is 14.2 Å². The van der Waals surface area contributed by atoms with Gasteiger partial charge >= 0.3 is 0 Å². The topological polar surface area (TPSA) is 73.6 Å². The van der Waals surface area contributed by atoms with E-state index in [0.717, 1.165) is 11.1 Å². The Kier molecular flexibility index (Phi) is 4.99. The van der Waals surface area contributed by atoms with Gasteiger partial charge in [-0.15, -0.1) is 0 Å². The van der Waals surface area contributed by atoms with Crippen molar-refractivity contribution in [2.75, 3.05) is 14.2 Å².